The van der Waals surface area contributed by atoms with Crippen LogP contribution in [0.15, 0.2) is 18.2 Å². The minimum atomic E-state index is -4.49. The lowest BCUT2D eigenvalue weighted by Gasteiger charge is -2.33. The molecule has 162 valence electrons. The van der Waals surface area contributed by atoms with Crippen LogP contribution in [-0.4, -0.2) is 50.2 Å². The van der Waals surface area contributed by atoms with Gasteiger partial charge in [-0.3, -0.25) is 9.59 Å². The number of rotatable bonds is 8. The van der Waals surface area contributed by atoms with Gasteiger partial charge in [-0.05, 0) is 37.3 Å². The van der Waals surface area contributed by atoms with Crippen molar-refractivity contribution in [1.82, 2.24) is 10.2 Å². The molecule has 29 heavy (non-hydrogen) atoms. The molecule has 1 saturated heterocycles. The van der Waals surface area contributed by atoms with Crippen molar-refractivity contribution < 1.29 is 32.2 Å². The van der Waals surface area contributed by atoms with E-state index in [0.29, 0.717) is 37.4 Å². The molecule has 6 nitrogen and oxygen atoms in total. The van der Waals surface area contributed by atoms with Crippen LogP contribution in [0.2, 0.25) is 0 Å². The summed E-state index contributed by atoms with van der Waals surface area (Å²) in [6, 6.07) is 5.32. The lowest BCUT2D eigenvalue weighted by Crippen LogP contribution is -2.41. The van der Waals surface area contributed by atoms with Gasteiger partial charge in [-0.15, -0.1) is 0 Å². The molecule has 1 aliphatic rings. The Kier molecular flexibility index (Phi) is 8.16. The molecule has 0 saturated carbocycles. The van der Waals surface area contributed by atoms with Crippen LogP contribution in [0, 0.1) is 5.92 Å². The van der Waals surface area contributed by atoms with E-state index in [9.17, 15) is 22.8 Å². The molecule has 0 aliphatic carbocycles. The van der Waals surface area contributed by atoms with Gasteiger partial charge < -0.3 is 19.7 Å². The summed E-state index contributed by atoms with van der Waals surface area (Å²) in [6.07, 6.45) is -3.68. The van der Waals surface area contributed by atoms with Gasteiger partial charge in [-0.25, -0.2) is 0 Å². The van der Waals surface area contributed by atoms with Crippen LogP contribution in [0.25, 0.3) is 0 Å². The van der Waals surface area contributed by atoms with Crippen LogP contribution in [0.5, 0.6) is 11.5 Å². The number of halogens is 3. The molecule has 1 aliphatic heterocycles. The van der Waals surface area contributed by atoms with E-state index in [2.05, 4.69) is 5.32 Å². The number of nitrogens with one attached hydrogen (secondary N) is 1. The maximum absolute atomic E-state index is 12.4. The molecule has 2 amide bonds. The minimum Gasteiger partial charge on any atom is -0.497 e. The second-order valence-electron chi connectivity index (χ2n) is 7.13. The van der Waals surface area contributed by atoms with Crippen LogP contribution in [0.3, 0.4) is 0 Å². The van der Waals surface area contributed by atoms with Gasteiger partial charge in [0.05, 0.1) is 14.2 Å². The Morgan fingerprint density at radius 1 is 1.24 bits per heavy atom. The van der Waals surface area contributed by atoms with Gasteiger partial charge in [0, 0.05) is 37.7 Å². The Labute approximate surface area is 168 Å². The molecule has 9 heteroatoms. The monoisotopic (exact) mass is 416 g/mol. The van der Waals surface area contributed by atoms with Crippen LogP contribution in [0.1, 0.15) is 37.7 Å². The van der Waals surface area contributed by atoms with Crippen molar-refractivity contribution in [3.05, 3.63) is 23.8 Å². The predicted octanol–water partition coefficient (Wildman–Crippen LogP) is 3.29. The molecular formula is C20H27F3N2O4. The number of alkyl halides is 3. The van der Waals surface area contributed by atoms with Crippen molar-refractivity contribution in [3.63, 3.8) is 0 Å². The highest BCUT2D eigenvalue weighted by molar-refractivity contribution is 5.77. The smallest absolute Gasteiger partial charge is 0.397 e. The average molecular weight is 416 g/mol. The van der Waals surface area contributed by atoms with Crippen molar-refractivity contribution in [3.8, 4) is 11.5 Å². The molecule has 1 aromatic rings. The van der Waals surface area contributed by atoms with E-state index in [1.54, 1.807) is 19.2 Å². The summed E-state index contributed by atoms with van der Waals surface area (Å²) in [5.41, 5.74) is 0.809. The van der Waals surface area contributed by atoms with Gasteiger partial charge in [0.25, 0.3) is 0 Å². The van der Waals surface area contributed by atoms with E-state index in [4.69, 9.17) is 9.47 Å². The van der Waals surface area contributed by atoms with E-state index in [0.717, 1.165) is 12.0 Å². The molecule has 1 heterocycles. The largest absolute Gasteiger partial charge is 0.497 e. The molecule has 1 fully saturated rings. The third kappa shape index (κ3) is 7.47. The van der Waals surface area contributed by atoms with Gasteiger partial charge >= 0.3 is 6.18 Å². The van der Waals surface area contributed by atoms with Crippen LogP contribution < -0.4 is 14.8 Å². The number of carbonyl (C=O) groups is 2. The molecule has 2 rings (SSSR count). The van der Waals surface area contributed by atoms with E-state index >= 15 is 0 Å². The highest BCUT2D eigenvalue weighted by atomic mass is 19.4. The summed E-state index contributed by atoms with van der Waals surface area (Å²) in [5.74, 6) is 0.247. The topological polar surface area (TPSA) is 67.9 Å². The standard InChI is InChI=1S/C20H27F3N2O4/c1-28-16-7-6-15(17(10-16)29-2)12-24-18(26)8-5-14-4-3-9-25(13-14)19(27)11-20(21,22)23/h6-7,10,14H,3-5,8-9,11-13H2,1-2H3,(H,24,26). The van der Waals surface area contributed by atoms with Crippen LogP contribution in [-0.2, 0) is 16.1 Å². The Morgan fingerprint density at radius 2 is 2.00 bits per heavy atom. The van der Waals surface area contributed by atoms with Crippen molar-refractivity contribution in [2.24, 2.45) is 5.92 Å². The molecule has 0 radical (unpaired) electrons. The van der Waals surface area contributed by atoms with E-state index < -0.39 is 18.5 Å². The van der Waals surface area contributed by atoms with Gasteiger partial charge in [-0.1, -0.05) is 0 Å². The molecule has 1 unspecified atom stereocenters. The molecular weight excluding hydrogens is 389 g/mol. The Balaban J connectivity index is 1.78. The molecule has 0 spiro atoms. The second-order valence-corrected chi connectivity index (χ2v) is 7.13. The summed E-state index contributed by atoms with van der Waals surface area (Å²) in [6.45, 7) is 0.913. The van der Waals surface area contributed by atoms with Crippen LogP contribution >= 0.6 is 0 Å². The zero-order chi connectivity index (χ0) is 21.4. The third-order valence-corrected chi connectivity index (χ3v) is 4.97. The summed E-state index contributed by atoms with van der Waals surface area (Å²) < 4.78 is 47.7. The first-order valence-corrected chi connectivity index (χ1v) is 9.54. The quantitative estimate of drug-likeness (QED) is 0.706. The SMILES string of the molecule is COc1ccc(CNC(=O)CCC2CCCN(C(=O)CC(F)(F)F)C2)c(OC)c1. The predicted molar refractivity (Wildman–Crippen MR) is 101 cm³/mol. The first kappa shape index (κ1) is 22.8. The number of amides is 2. The lowest BCUT2D eigenvalue weighted by atomic mass is 9.93. The zero-order valence-electron chi connectivity index (χ0n) is 16.7. The van der Waals surface area contributed by atoms with E-state index in [1.807, 2.05) is 6.07 Å². The summed E-state index contributed by atoms with van der Waals surface area (Å²) in [7, 11) is 3.09. The van der Waals surface area contributed by atoms with Gasteiger partial charge in [0.15, 0.2) is 0 Å². The number of carbonyl (C=O) groups excluding carboxylic acids is 2. The van der Waals surface area contributed by atoms with E-state index in [-0.39, 0.29) is 24.8 Å². The normalized spacial score (nSPS) is 17.0. The molecule has 0 aromatic heterocycles. The Morgan fingerprint density at radius 3 is 2.66 bits per heavy atom. The summed E-state index contributed by atoms with van der Waals surface area (Å²) in [4.78, 5) is 25.2. The van der Waals surface area contributed by atoms with Gasteiger partial charge in [0.1, 0.15) is 17.9 Å². The number of methoxy groups -OCH3 is 2. The fourth-order valence-electron chi connectivity index (χ4n) is 3.43. The summed E-state index contributed by atoms with van der Waals surface area (Å²) in [5, 5.41) is 2.83. The Hall–Kier alpha value is -2.45. The molecule has 1 atom stereocenters. The Bertz CT molecular complexity index is 709. The van der Waals surface area contributed by atoms with Crippen molar-refractivity contribution in [1.29, 1.82) is 0 Å². The van der Waals surface area contributed by atoms with Crippen molar-refractivity contribution in [2.75, 3.05) is 27.3 Å². The number of benzene rings is 1. The van der Waals surface area contributed by atoms with Gasteiger partial charge in [0.2, 0.25) is 11.8 Å². The number of likely N-dealkylation sites (tertiary alicyclic amines) is 1. The minimum absolute atomic E-state index is 0.0298. The first-order valence-electron chi connectivity index (χ1n) is 9.54. The first-order chi connectivity index (χ1) is 13.7. The average Bonchev–Trinajstić information content (AvgIpc) is 2.69. The van der Waals surface area contributed by atoms with Crippen molar-refractivity contribution >= 4 is 11.8 Å². The fourth-order valence-corrected chi connectivity index (χ4v) is 3.43. The molecule has 1 N–H and O–H groups in total. The molecule has 1 aromatic carbocycles. The zero-order valence-corrected chi connectivity index (χ0v) is 16.7. The third-order valence-electron chi connectivity index (χ3n) is 4.97. The van der Waals surface area contributed by atoms with Crippen LogP contribution in [0.4, 0.5) is 13.2 Å². The lowest BCUT2D eigenvalue weighted by molar-refractivity contribution is -0.162. The number of nitrogens with zero attached hydrogens (tertiary/aromatic N) is 1. The molecule has 0 bridgehead atoms. The number of ether oxygens (including phenoxy) is 2. The maximum Gasteiger partial charge on any atom is 0.397 e. The fraction of sp³-hybridized carbons (Fsp3) is 0.600. The highest BCUT2D eigenvalue weighted by Crippen LogP contribution is 2.26. The highest BCUT2D eigenvalue weighted by Gasteiger charge is 2.35. The maximum atomic E-state index is 12.4. The van der Waals surface area contributed by atoms with E-state index in [1.165, 1.54) is 12.0 Å². The van der Waals surface area contributed by atoms with Gasteiger partial charge in [-0.2, -0.15) is 13.2 Å². The number of piperidine rings is 1. The number of hydrogen-bond acceptors (Lipinski definition) is 4. The number of hydrogen-bond donors (Lipinski definition) is 1. The van der Waals surface area contributed by atoms with Crippen molar-refractivity contribution in [2.45, 2.75) is 44.8 Å². The summed E-state index contributed by atoms with van der Waals surface area (Å²) >= 11 is 0. The second kappa shape index (κ2) is 10.4.